The van der Waals surface area contributed by atoms with Crippen molar-refractivity contribution >= 4 is 23.2 Å². The van der Waals surface area contributed by atoms with Crippen LogP contribution in [0, 0.1) is 6.92 Å². The molecule has 0 spiro atoms. The molecule has 0 aliphatic heterocycles. The van der Waals surface area contributed by atoms with Crippen molar-refractivity contribution in [2.45, 2.75) is 13.3 Å². The molecule has 2 nitrogen and oxygen atoms in total. The van der Waals surface area contributed by atoms with Gasteiger partial charge in [-0.05, 0) is 19.1 Å². The van der Waals surface area contributed by atoms with E-state index in [1.165, 1.54) is 0 Å². The summed E-state index contributed by atoms with van der Waals surface area (Å²) in [7, 11) is 0. The van der Waals surface area contributed by atoms with Crippen LogP contribution in [-0.2, 0) is 0 Å². The summed E-state index contributed by atoms with van der Waals surface area (Å²) in [6.45, 7) is 1.95. The molecule has 2 aromatic carbocycles. The molecule has 19 heavy (non-hydrogen) atoms. The van der Waals surface area contributed by atoms with Crippen molar-refractivity contribution < 1.29 is 9.59 Å². The fourth-order valence-corrected chi connectivity index (χ4v) is 2.01. The third kappa shape index (κ3) is 3.30. The molecule has 0 bridgehead atoms. The molecule has 0 saturated carbocycles. The summed E-state index contributed by atoms with van der Waals surface area (Å²) in [4.78, 5) is 24.0. The average Bonchev–Trinajstić information content (AvgIpc) is 2.39. The van der Waals surface area contributed by atoms with Crippen molar-refractivity contribution in [3.8, 4) is 0 Å². The van der Waals surface area contributed by atoms with Gasteiger partial charge in [0, 0.05) is 11.1 Å². The largest absolute Gasteiger partial charge is 0.294 e. The Morgan fingerprint density at radius 3 is 2.21 bits per heavy atom. The fraction of sp³-hybridized carbons (Fsp3) is 0.125. The van der Waals surface area contributed by atoms with Gasteiger partial charge in [0.15, 0.2) is 11.6 Å². The molecule has 0 heterocycles. The maximum atomic E-state index is 12.0. The van der Waals surface area contributed by atoms with Gasteiger partial charge in [-0.3, -0.25) is 9.59 Å². The molecule has 0 radical (unpaired) electrons. The first-order chi connectivity index (χ1) is 9.08. The molecule has 2 rings (SSSR count). The number of Topliss-reactive ketones (excluding diaryl/α,β-unsaturated/α-hetero) is 2. The molecule has 0 unspecified atom stereocenters. The van der Waals surface area contributed by atoms with E-state index in [2.05, 4.69) is 0 Å². The Labute approximate surface area is 117 Å². The first-order valence-electron chi connectivity index (χ1n) is 5.95. The number of halogens is 1. The first kappa shape index (κ1) is 13.5. The maximum Gasteiger partial charge on any atom is 0.172 e. The Morgan fingerprint density at radius 1 is 0.947 bits per heavy atom. The molecule has 96 valence electrons. The predicted molar refractivity (Wildman–Crippen MR) is 75.9 cm³/mol. The maximum absolute atomic E-state index is 12.0. The van der Waals surface area contributed by atoms with Gasteiger partial charge in [0.1, 0.15) is 0 Å². The van der Waals surface area contributed by atoms with E-state index < -0.39 is 0 Å². The number of aryl methyl sites for hydroxylation is 1. The Bertz CT molecular complexity index is 615. The van der Waals surface area contributed by atoms with Crippen molar-refractivity contribution in [2.24, 2.45) is 0 Å². The SMILES string of the molecule is Cc1ccc(C(=O)CC(=O)c2ccccc2Cl)cc1. The zero-order chi connectivity index (χ0) is 13.8. The highest BCUT2D eigenvalue weighted by Crippen LogP contribution is 2.18. The third-order valence-corrected chi connectivity index (χ3v) is 3.20. The van der Waals surface area contributed by atoms with Crippen LogP contribution in [0.3, 0.4) is 0 Å². The summed E-state index contributed by atoms with van der Waals surface area (Å²) in [5, 5.41) is 0.379. The number of benzene rings is 2. The molecule has 3 heteroatoms. The van der Waals surface area contributed by atoms with E-state index in [1.807, 2.05) is 19.1 Å². The van der Waals surface area contributed by atoms with Gasteiger partial charge in [-0.1, -0.05) is 53.6 Å². The van der Waals surface area contributed by atoms with E-state index >= 15 is 0 Å². The Kier molecular flexibility index (Phi) is 4.13. The summed E-state index contributed by atoms with van der Waals surface area (Å²) in [6.07, 6.45) is -0.160. The third-order valence-electron chi connectivity index (χ3n) is 2.87. The van der Waals surface area contributed by atoms with Crippen LogP contribution in [0.25, 0.3) is 0 Å². The van der Waals surface area contributed by atoms with E-state index in [-0.39, 0.29) is 18.0 Å². The second-order valence-electron chi connectivity index (χ2n) is 4.37. The quantitative estimate of drug-likeness (QED) is 0.620. The lowest BCUT2D eigenvalue weighted by Crippen LogP contribution is -2.09. The summed E-state index contributed by atoms with van der Waals surface area (Å²) < 4.78 is 0. The van der Waals surface area contributed by atoms with Crippen LogP contribution < -0.4 is 0 Å². The molecular weight excluding hydrogens is 260 g/mol. The molecule has 2 aromatic rings. The molecule has 0 aliphatic carbocycles. The van der Waals surface area contributed by atoms with Crippen LogP contribution in [0.4, 0.5) is 0 Å². The molecule has 0 aromatic heterocycles. The number of hydrogen-bond acceptors (Lipinski definition) is 2. The van der Waals surface area contributed by atoms with Gasteiger partial charge in [-0.25, -0.2) is 0 Å². The number of hydrogen-bond donors (Lipinski definition) is 0. The number of rotatable bonds is 4. The monoisotopic (exact) mass is 272 g/mol. The lowest BCUT2D eigenvalue weighted by molar-refractivity contribution is 0.0894. The normalized spacial score (nSPS) is 10.2. The van der Waals surface area contributed by atoms with Crippen molar-refractivity contribution in [2.75, 3.05) is 0 Å². The number of ketones is 2. The van der Waals surface area contributed by atoms with Crippen LogP contribution in [0.2, 0.25) is 5.02 Å². The Hall–Kier alpha value is -1.93. The van der Waals surface area contributed by atoms with E-state index in [0.717, 1.165) is 5.56 Å². The molecule has 0 amide bonds. The highest BCUT2D eigenvalue weighted by molar-refractivity contribution is 6.34. The van der Waals surface area contributed by atoms with E-state index in [4.69, 9.17) is 11.6 Å². The first-order valence-corrected chi connectivity index (χ1v) is 6.33. The minimum absolute atomic E-state index is 0.160. The Morgan fingerprint density at radius 2 is 1.58 bits per heavy atom. The number of carbonyl (C=O) groups excluding carboxylic acids is 2. The smallest absolute Gasteiger partial charge is 0.172 e. The van der Waals surface area contributed by atoms with Gasteiger partial charge in [0.05, 0.1) is 11.4 Å². The lowest BCUT2D eigenvalue weighted by atomic mass is 10.0. The molecule has 0 saturated heterocycles. The highest BCUT2D eigenvalue weighted by atomic mass is 35.5. The minimum Gasteiger partial charge on any atom is -0.294 e. The zero-order valence-corrected chi connectivity index (χ0v) is 11.3. The topological polar surface area (TPSA) is 34.1 Å². The van der Waals surface area contributed by atoms with E-state index in [1.54, 1.807) is 36.4 Å². The van der Waals surface area contributed by atoms with Crippen LogP contribution >= 0.6 is 11.6 Å². The van der Waals surface area contributed by atoms with Gasteiger partial charge >= 0.3 is 0 Å². The minimum atomic E-state index is -0.254. The average molecular weight is 273 g/mol. The predicted octanol–water partition coefficient (Wildman–Crippen LogP) is 4.10. The van der Waals surface area contributed by atoms with Crippen molar-refractivity contribution in [3.05, 3.63) is 70.2 Å². The van der Waals surface area contributed by atoms with Gasteiger partial charge < -0.3 is 0 Å². The van der Waals surface area contributed by atoms with Crippen LogP contribution in [0.15, 0.2) is 48.5 Å². The molecule has 0 aliphatic rings. The molecular formula is C16H13ClO2. The van der Waals surface area contributed by atoms with Crippen molar-refractivity contribution in [1.82, 2.24) is 0 Å². The second kappa shape index (κ2) is 5.81. The van der Waals surface area contributed by atoms with Crippen molar-refractivity contribution in [1.29, 1.82) is 0 Å². The fourth-order valence-electron chi connectivity index (χ4n) is 1.77. The number of carbonyl (C=O) groups is 2. The highest BCUT2D eigenvalue weighted by Gasteiger charge is 2.15. The standard InChI is InChI=1S/C16H13ClO2/c1-11-6-8-12(9-7-11)15(18)10-16(19)13-4-2-3-5-14(13)17/h2-9H,10H2,1H3. The van der Waals surface area contributed by atoms with E-state index in [0.29, 0.717) is 16.1 Å². The molecule has 0 N–H and O–H groups in total. The van der Waals surface area contributed by atoms with Crippen molar-refractivity contribution in [3.63, 3.8) is 0 Å². The van der Waals surface area contributed by atoms with Gasteiger partial charge in [-0.15, -0.1) is 0 Å². The van der Waals surface area contributed by atoms with Gasteiger partial charge in [0.2, 0.25) is 0 Å². The van der Waals surface area contributed by atoms with Crippen LogP contribution in [-0.4, -0.2) is 11.6 Å². The van der Waals surface area contributed by atoms with Crippen LogP contribution in [0.5, 0.6) is 0 Å². The zero-order valence-electron chi connectivity index (χ0n) is 10.5. The molecule has 0 atom stereocenters. The summed E-state index contributed by atoms with van der Waals surface area (Å²) in [6, 6.07) is 13.9. The summed E-state index contributed by atoms with van der Waals surface area (Å²) >= 11 is 5.94. The summed E-state index contributed by atoms with van der Waals surface area (Å²) in [5.74, 6) is -0.443. The van der Waals surface area contributed by atoms with Gasteiger partial charge in [-0.2, -0.15) is 0 Å². The van der Waals surface area contributed by atoms with E-state index in [9.17, 15) is 9.59 Å². The Balaban J connectivity index is 2.13. The van der Waals surface area contributed by atoms with Crippen LogP contribution in [0.1, 0.15) is 32.7 Å². The summed E-state index contributed by atoms with van der Waals surface area (Å²) in [5.41, 5.74) is 2.02. The second-order valence-corrected chi connectivity index (χ2v) is 4.78. The van der Waals surface area contributed by atoms with Gasteiger partial charge in [0.25, 0.3) is 0 Å². The lowest BCUT2D eigenvalue weighted by Gasteiger charge is -2.03. The molecule has 0 fully saturated rings.